The van der Waals surface area contributed by atoms with Gasteiger partial charge >= 0.3 is 5.97 Å². The van der Waals surface area contributed by atoms with E-state index < -0.39 is 5.97 Å². The fourth-order valence-electron chi connectivity index (χ4n) is 2.78. The van der Waals surface area contributed by atoms with Crippen LogP contribution in [0.15, 0.2) is 53.6 Å². The number of hydrazone groups is 1. The third-order valence-electron chi connectivity index (χ3n) is 4.16. The molecule has 0 unspecified atom stereocenters. The minimum absolute atomic E-state index is 0.0761. The zero-order chi connectivity index (χ0) is 15.7. The SMILES string of the molecule is Cc1cccc(N2N=C(C(=O)O)C[C@@H]2c2ccccc2)c1C. The highest BCUT2D eigenvalue weighted by Crippen LogP contribution is 2.37. The molecule has 0 saturated carbocycles. The van der Waals surface area contributed by atoms with Crippen LogP contribution in [0.5, 0.6) is 0 Å². The molecule has 22 heavy (non-hydrogen) atoms. The second kappa shape index (κ2) is 5.64. The molecule has 0 aromatic heterocycles. The molecule has 0 aliphatic carbocycles. The van der Waals surface area contributed by atoms with Crippen molar-refractivity contribution in [3.63, 3.8) is 0 Å². The Balaban J connectivity index is 2.07. The highest BCUT2D eigenvalue weighted by molar-refractivity contribution is 6.36. The van der Waals surface area contributed by atoms with Gasteiger partial charge in [0, 0.05) is 6.42 Å². The van der Waals surface area contributed by atoms with Gasteiger partial charge < -0.3 is 5.11 Å². The molecule has 0 radical (unpaired) electrons. The van der Waals surface area contributed by atoms with E-state index >= 15 is 0 Å². The van der Waals surface area contributed by atoms with Crippen molar-refractivity contribution in [1.29, 1.82) is 0 Å². The molecule has 1 heterocycles. The van der Waals surface area contributed by atoms with E-state index in [4.69, 9.17) is 0 Å². The molecule has 3 rings (SSSR count). The first kappa shape index (κ1) is 14.3. The first-order valence-electron chi connectivity index (χ1n) is 7.29. The molecule has 0 spiro atoms. The zero-order valence-corrected chi connectivity index (χ0v) is 12.7. The fraction of sp³-hybridized carbons (Fsp3) is 0.222. The minimum Gasteiger partial charge on any atom is -0.477 e. The van der Waals surface area contributed by atoms with Crippen LogP contribution in [0.1, 0.15) is 29.2 Å². The highest BCUT2D eigenvalue weighted by Gasteiger charge is 2.32. The Morgan fingerprint density at radius 1 is 1.14 bits per heavy atom. The number of anilines is 1. The van der Waals surface area contributed by atoms with Crippen LogP contribution in [0.4, 0.5) is 5.69 Å². The molecule has 4 nitrogen and oxygen atoms in total. The number of aliphatic carboxylic acids is 1. The number of carboxylic acid groups (broad SMARTS) is 1. The lowest BCUT2D eigenvalue weighted by molar-refractivity contribution is -0.129. The summed E-state index contributed by atoms with van der Waals surface area (Å²) in [5.41, 5.74) is 4.53. The highest BCUT2D eigenvalue weighted by atomic mass is 16.4. The maximum absolute atomic E-state index is 11.3. The van der Waals surface area contributed by atoms with E-state index in [0.717, 1.165) is 16.8 Å². The van der Waals surface area contributed by atoms with Crippen LogP contribution >= 0.6 is 0 Å². The van der Waals surface area contributed by atoms with Crippen LogP contribution in [0.3, 0.4) is 0 Å². The summed E-state index contributed by atoms with van der Waals surface area (Å²) >= 11 is 0. The van der Waals surface area contributed by atoms with E-state index in [1.807, 2.05) is 67.4 Å². The van der Waals surface area contributed by atoms with E-state index in [9.17, 15) is 9.90 Å². The summed E-state index contributed by atoms with van der Waals surface area (Å²) in [6.45, 7) is 4.09. The lowest BCUT2D eigenvalue weighted by atomic mass is 10.00. The number of nitrogens with zero attached hydrogens (tertiary/aromatic N) is 2. The van der Waals surface area contributed by atoms with Crippen molar-refractivity contribution in [3.05, 3.63) is 65.2 Å². The van der Waals surface area contributed by atoms with E-state index in [0.29, 0.717) is 6.42 Å². The Bertz CT molecular complexity index is 738. The average Bonchev–Trinajstić information content (AvgIpc) is 2.96. The number of hydrogen-bond acceptors (Lipinski definition) is 3. The monoisotopic (exact) mass is 294 g/mol. The molecular weight excluding hydrogens is 276 g/mol. The van der Waals surface area contributed by atoms with E-state index in [-0.39, 0.29) is 11.8 Å². The Morgan fingerprint density at radius 3 is 2.55 bits per heavy atom. The van der Waals surface area contributed by atoms with Crippen molar-refractivity contribution in [2.24, 2.45) is 5.10 Å². The molecule has 1 aliphatic rings. The molecule has 112 valence electrons. The molecule has 0 fully saturated rings. The number of aryl methyl sites for hydroxylation is 1. The standard InChI is InChI=1S/C18H18N2O2/c1-12-7-6-10-16(13(12)2)20-17(11-15(19-20)18(21)22)14-8-4-3-5-9-14/h3-10,17H,11H2,1-2H3,(H,21,22)/t17-/m1/s1. The van der Waals surface area contributed by atoms with Gasteiger partial charge in [-0.15, -0.1) is 0 Å². The van der Waals surface area contributed by atoms with Crippen LogP contribution < -0.4 is 5.01 Å². The van der Waals surface area contributed by atoms with E-state index in [2.05, 4.69) is 5.10 Å². The third kappa shape index (κ3) is 2.48. The molecule has 2 aromatic rings. The third-order valence-corrected chi connectivity index (χ3v) is 4.16. The maximum atomic E-state index is 11.3. The first-order chi connectivity index (χ1) is 10.6. The molecule has 2 aromatic carbocycles. The maximum Gasteiger partial charge on any atom is 0.352 e. The van der Waals surface area contributed by atoms with Gasteiger partial charge in [-0.05, 0) is 36.6 Å². The normalized spacial score (nSPS) is 17.5. The van der Waals surface area contributed by atoms with Crippen LogP contribution in [0, 0.1) is 13.8 Å². The van der Waals surface area contributed by atoms with Gasteiger partial charge in [0.25, 0.3) is 0 Å². The number of rotatable bonds is 3. The van der Waals surface area contributed by atoms with Crippen molar-refractivity contribution in [2.75, 3.05) is 5.01 Å². The summed E-state index contributed by atoms with van der Waals surface area (Å²) < 4.78 is 0. The predicted octanol–water partition coefficient (Wildman–Crippen LogP) is 3.70. The van der Waals surface area contributed by atoms with Crippen molar-refractivity contribution in [1.82, 2.24) is 0 Å². The van der Waals surface area contributed by atoms with Gasteiger partial charge in [0.1, 0.15) is 5.71 Å². The van der Waals surface area contributed by atoms with Crippen LogP contribution in [0.2, 0.25) is 0 Å². The number of benzene rings is 2. The molecule has 0 saturated heterocycles. The van der Waals surface area contributed by atoms with Gasteiger partial charge in [-0.2, -0.15) is 5.10 Å². The Morgan fingerprint density at radius 2 is 1.86 bits per heavy atom. The molecule has 1 N–H and O–H groups in total. The molecule has 4 heteroatoms. The number of carbonyl (C=O) groups is 1. The van der Waals surface area contributed by atoms with E-state index in [1.165, 1.54) is 5.56 Å². The average molecular weight is 294 g/mol. The van der Waals surface area contributed by atoms with Crippen LogP contribution in [0.25, 0.3) is 0 Å². The second-order valence-electron chi connectivity index (χ2n) is 5.55. The molecule has 0 bridgehead atoms. The van der Waals surface area contributed by atoms with Crippen molar-refractivity contribution < 1.29 is 9.90 Å². The number of carboxylic acids is 1. The van der Waals surface area contributed by atoms with Crippen LogP contribution in [-0.4, -0.2) is 16.8 Å². The van der Waals surface area contributed by atoms with Crippen molar-refractivity contribution in [3.8, 4) is 0 Å². The largest absolute Gasteiger partial charge is 0.477 e. The fourth-order valence-corrected chi connectivity index (χ4v) is 2.78. The summed E-state index contributed by atoms with van der Waals surface area (Å²) in [4.78, 5) is 11.3. The van der Waals surface area contributed by atoms with Gasteiger partial charge in [0.15, 0.2) is 0 Å². The van der Waals surface area contributed by atoms with Crippen LogP contribution in [-0.2, 0) is 4.79 Å². The topological polar surface area (TPSA) is 52.9 Å². The first-order valence-corrected chi connectivity index (χ1v) is 7.29. The summed E-state index contributed by atoms with van der Waals surface area (Å²) in [7, 11) is 0. The Kier molecular flexibility index (Phi) is 3.67. The smallest absolute Gasteiger partial charge is 0.352 e. The molecule has 1 atom stereocenters. The summed E-state index contributed by atoms with van der Waals surface area (Å²) in [5, 5.41) is 15.5. The van der Waals surface area contributed by atoms with Crippen molar-refractivity contribution in [2.45, 2.75) is 26.3 Å². The Labute approximate surface area is 129 Å². The van der Waals surface area contributed by atoms with E-state index in [1.54, 1.807) is 0 Å². The molecular formula is C18H18N2O2. The predicted molar refractivity (Wildman–Crippen MR) is 87.3 cm³/mol. The minimum atomic E-state index is -0.950. The number of hydrogen-bond donors (Lipinski definition) is 1. The van der Waals surface area contributed by atoms with Crippen molar-refractivity contribution >= 4 is 17.4 Å². The Hall–Kier alpha value is -2.62. The summed E-state index contributed by atoms with van der Waals surface area (Å²) in [6, 6.07) is 15.9. The zero-order valence-electron chi connectivity index (χ0n) is 12.7. The summed E-state index contributed by atoms with van der Waals surface area (Å²) in [6.07, 6.45) is 0.409. The van der Waals surface area contributed by atoms with Gasteiger partial charge in [-0.1, -0.05) is 42.5 Å². The molecule has 1 aliphatic heterocycles. The van der Waals surface area contributed by atoms with Gasteiger partial charge in [-0.3, -0.25) is 5.01 Å². The summed E-state index contributed by atoms with van der Waals surface area (Å²) in [5.74, 6) is -0.950. The quantitative estimate of drug-likeness (QED) is 0.939. The van der Waals surface area contributed by atoms with Gasteiger partial charge in [0.05, 0.1) is 11.7 Å². The lowest BCUT2D eigenvalue weighted by Crippen LogP contribution is -2.19. The molecule has 0 amide bonds. The van der Waals surface area contributed by atoms with Gasteiger partial charge in [0.2, 0.25) is 0 Å². The van der Waals surface area contributed by atoms with Gasteiger partial charge in [-0.25, -0.2) is 4.79 Å². The second-order valence-corrected chi connectivity index (χ2v) is 5.55. The lowest BCUT2D eigenvalue weighted by Gasteiger charge is -2.26.